The minimum absolute atomic E-state index is 0.0947. The summed E-state index contributed by atoms with van der Waals surface area (Å²) in [6, 6.07) is 2.63. The summed E-state index contributed by atoms with van der Waals surface area (Å²) in [5.41, 5.74) is 3.86. The van der Waals surface area contributed by atoms with Crippen LogP contribution in [0, 0.1) is 5.92 Å². The van der Waals surface area contributed by atoms with E-state index in [2.05, 4.69) is 16.0 Å². The molecule has 0 radical (unpaired) electrons. The number of phenolic OH excluding ortho intramolecular Hbond substituents is 1. The van der Waals surface area contributed by atoms with E-state index in [1.165, 1.54) is 31.1 Å². The fourth-order valence-electron chi connectivity index (χ4n) is 4.21. The van der Waals surface area contributed by atoms with Gasteiger partial charge in [-0.15, -0.1) is 0 Å². The van der Waals surface area contributed by atoms with Gasteiger partial charge in [-0.2, -0.15) is 0 Å². The number of urea groups is 1. The molecule has 1 saturated heterocycles. The second kappa shape index (κ2) is 12.4. The maximum Gasteiger partial charge on any atom is 0.312 e. The Morgan fingerprint density at radius 3 is 2.31 bits per heavy atom. The summed E-state index contributed by atoms with van der Waals surface area (Å²) in [5.74, 6) is -1.64. The number of likely N-dealkylation sites (N-methyl/N-ethyl adjacent to an activating group) is 1. The van der Waals surface area contributed by atoms with E-state index < -0.39 is 53.1 Å². The first-order valence-electron chi connectivity index (χ1n) is 12.8. The van der Waals surface area contributed by atoms with Gasteiger partial charge in [-0.05, 0) is 58.7 Å². The molecule has 39 heavy (non-hydrogen) atoms. The number of ether oxygens (including phenoxy) is 1. The minimum atomic E-state index is -1.22. The normalized spacial score (nSPS) is 22.1. The first-order chi connectivity index (χ1) is 17.9. The SMILES string of the molecule is CC(Cc1cccc(O)c1)C(=O)N(C)C(C)C(NC(=O)C(C)NC(N)=O)C(=O)N/C=C1/CC(C)(O)C(C)(C)O1. The average Bonchev–Trinajstić information content (AvgIpc) is 3.04. The summed E-state index contributed by atoms with van der Waals surface area (Å²) in [7, 11) is 1.53. The fourth-order valence-corrected chi connectivity index (χ4v) is 4.21. The number of hydrogen-bond acceptors (Lipinski definition) is 7. The van der Waals surface area contributed by atoms with Crippen molar-refractivity contribution < 1.29 is 34.1 Å². The Morgan fingerprint density at radius 2 is 1.77 bits per heavy atom. The molecule has 1 aliphatic rings. The molecule has 2 rings (SSSR count). The third kappa shape index (κ3) is 8.09. The van der Waals surface area contributed by atoms with E-state index in [0.29, 0.717) is 12.2 Å². The molecule has 1 aliphatic heterocycles. The topological polar surface area (TPSA) is 183 Å². The summed E-state index contributed by atoms with van der Waals surface area (Å²) >= 11 is 0. The highest BCUT2D eigenvalue weighted by atomic mass is 16.5. The standard InChI is InChI=1S/C27H41N5O7/c1-15(11-18-9-8-10-19(33)12-18)24(36)32(7)17(3)21(31-22(34)16(2)30-25(28)37)23(35)29-14-20-13-27(6,38)26(4,5)39-20/h8-10,12,14-17,21,33,38H,11,13H2,1-7H3,(H,29,35)(H,31,34)(H3,28,30,37)/b20-14-. The molecule has 0 aliphatic carbocycles. The van der Waals surface area contributed by atoms with Crippen molar-refractivity contribution in [3.8, 4) is 5.75 Å². The molecule has 0 aromatic heterocycles. The van der Waals surface area contributed by atoms with Crippen LogP contribution < -0.4 is 21.7 Å². The fraction of sp³-hybridized carbons (Fsp3) is 0.556. The molecule has 216 valence electrons. The summed E-state index contributed by atoms with van der Waals surface area (Å²) in [6.07, 6.45) is 1.85. The van der Waals surface area contributed by atoms with Crippen LogP contribution in [0.15, 0.2) is 36.2 Å². The van der Waals surface area contributed by atoms with Crippen molar-refractivity contribution in [1.82, 2.24) is 20.9 Å². The smallest absolute Gasteiger partial charge is 0.312 e. The maximum atomic E-state index is 13.3. The van der Waals surface area contributed by atoms with Gasteiger partial charge >= 0.3 is 6.03 Å². The van der Waals surface area contributed by atoms with Crippen LogP contribution in [0.5, 0.6) is 5.75 Å². The zero-order valence-corrected chi connectivity index (χ0v) is 23.6. The molecule has 12 nitrogen and oxygen atoms in total. The Kier molecular flexibility index (Phi) is 9.97. The Morgan fingerprint density at radius 1 is 1.13 bits per heavy atom. The number of aromatic hydroxyl groups is 1. The van der Waals surface area contributed by atoms with Crippen molar-refractivity contribution in [2.45, 2.75) is 83.7 Å². The van der Waals surface area contributed by atoms with Gasteiger partial charge in [-0.1, -0.05) is 19.1 Å². The average molecular weight is 548 g/mol. The zero-order chi connectivity index (χ0) is 29.7. The Hall–Kier alpha value is -3.80. The van der Waals surface area contributed by atoms with E-state index in [1.54, 1.807) is 52.8 Å². The first-order valence-corrected chi connectivity index (χ1v) is 12.8. The number of carbonyl (C=O) groups is 4. The van der Waals surface area contributed by atoms with E-state index in [4.69, 9.17) is 10.5 Å². The summed E-state index contributed by atoms with van der Waals surface area (Å²) in [6.45, 7) is 9.84. The summed E-state index contributed by atoms with van der Waals surface area (Å²) in [4.78, 5) is 51.9. The monoisotopic (exact) mass is 547 g/mol. The third-order valence-electron chi connectivity index (χ3n) is 7.22. The number of amides is 5. The van der Waals surface area contributed by atoms with E-state index in [-0.39, 0.29) is 18.1 Å². The number of nitrogens with two attached hydrogens (primary N) is 1. The number of nitrogens with zero attached hydrogens (tertiary/aromatic N) is 1. The number of carbonyl (C=O) groups excluding carboxylic acids is 4. The van der Waals surface area contributed by atoms with Gasteiger partial charge in [0, 0.05) is 25.6 Å². The molecule has 7 N–H and O–H groups in total. The van der Waals surface area contributed by atoms with Gasteiger partial charge in [-0.3, -0.25) is 14.4 Å². The molecule has 1 aromatic rings. The van der Waals surface area contributed by atoms with Crippen LogP contribution >= 0.6 is 0 Å². The number of benzene rings is 1. The van der Waals surface area contributed by atoms with Gasteiger partial charge in [0.05, 0.1) is 6.04 Å². The molecule has 5 amide bonds. The molecular formula is C27H41N5O7. The highest BCUT2D eigenvalue weighted by molar-refractivity contribution is 5.92. The van der Waals surface area contributed by atoms with Gasteiger partial charge in [0.1, 0.15) is 34.8 Å². The van der Waals surface area contributed by atoms with Crippen LogP contribution in [-0.2, 0) is 25.5 Å². The predicted octanol–water partition coefficient (Wildman–Crippen LogP) is 0.867. The number of aliphatic hydroxyl groups is 1. The van der Waals surface area contributed by atoms with Crippen molar-refractivity contribution in [1.29, 1.82) is 0 Å². The van der Waals surface area contributed by atoms with Crippen LogP contribution in [0.25, 0.3) is 0 Å². The predicted molar refractivity (Wildman–Crippen MR) is 144 cm³/mol. The highest BCUT2D eigenvalue weighted by Crippen LogP contribution is 2.40. The van der Waals surface area contributed by atoms with Crippen molar-refractivity contribution in [2.24, 2.45) is 11.7 Å². The Bertz CT molecular complexity index is 1100. The highest BCUT2D eigenvalue weighted by Gasteiger charge is 2.48. The van der Waals surface area contributed by atoms with Crippen LogP contribution in [-0.4, -0.2) is 75.2 Å². The number of hydrogen-bond donors (Lipinski definition) is 6. The number of rotatable bonds is 10. The molecule has 0 bridgehead atoms. The quantitative estimate of drug-likeness (QED) is 0.251. The van der Waals surface area contributed by atoms with Gasteiger partial charge in [-0.25, -0.2) is 4.79 Å². The number of nitrogens with one attached hydrogen (secondary N) is 3. The van der Waals surface area contributed by atoms with Gasteiger partial charge in [0.2, 0.25) is 17.7 Å². The van der Waals surface area contributed by atoms with Crippen molar-refractivity contribution in [3.63, 3.8) is 0 Å². The van der Waals surface area contributed by atoms with Gasteiger partial charge in [0.15, 0.2) is 0 Å². The van der Waals surface area contributed by atoms with Crippen molar-refractivity contribution in [3.05, 3.63) is 41.8 Å². The van der Waals surface area contributed by atoms with Gasteiger partial charge < -0.3 is 41.5 Å². The second-order valence-electron chi connectivity index (χ2n) is 10.9. The molecule has 5 atom stereocenters. The molecule has 12 heteroatoms. The van der Waals surface area contributed by atoms with E-state index in [9.17, 15) is 29.4 Å². The number of phenols is 1. The lowest BCUT2D eigenvalue weighted by Crippen LogP contribution is -2.60. The third-order valence-corrected chi connectivity index (χ3v) is 7.22. The lowest BCUT2D eigenvalue weighted by molar-refractivity contribution is -0.139. The largest absolute Gasteiger partial charge is 0.508 e. The molecule has 1 heterocycles. The molecular weight excluding hydrogens is 506 g/mol. The zero-order valence-electron chi connectivity index (χ0n) is 23.6. The Labute approximate surface area is 228 Å². The maximum absolute atomic E-state index is 13.3. The van der Waals surface area contributed by atoms with E-state index in [1.807, 2.05) is 0 Å². The van der Waals surface area contributed by atoms with Crippen molar-refractivity contribution in [2.75, 3.05) is 7.05 Å². The summed E-state index contributed by atoms with van der Waals surface area (Å²) in [5, 5.41) is 27.8. The van der Waals surface area contributed by atoms with Crippen LogP contribution in [0.2, 0.25) is 0 Å². The molecule has 0 saturated carbocycles. The lowest BCUT2D eigenvalue weighted by atomic mass is 9.87. The van der Waals surface area contributed by atoms with E-state index >= 15 is 0 Å². The van der Waals surface area contributed by atoms with Crippen LogP contribution in [0.1, 0.15) is 53.5 Å². The number of primary amides is 1. The summed E-state index contributed by atoms with van der Waals surface area (Å²) < 4.78 is 5.77. The van der Waals surface area contributed by atoms with Crippen molar-refractivity contribution >= 4 is 23.8 Å². The molecule has 1 aromatic carbocycles. The molecule has 1 fully saturated rings. The van der Waals surface area contributed by atoms with Gasteiger partial charge in [0.25, 0.3) is 0 Å². The van der Waals surface area contributed by atoms with Crippen LogP contribution in [0.3, 0.4) is 0 Å². The minimum Gasteiger partial charge on any atom is -0.508 e. The Balaban J connectivity index is 2.22. The van der Waals surface area contributed by atoms with Crippen LogP contribution in [0.4, 0.5) is 4.79 Å². The first kappa shape index (κ1) is 31.4. The second-order valence-corrected chi connectivity index (χ2v) is 10.9. The molecule has 0 spiro atoms. The molecule has 5 unspecified atom stereocenters. The lowest BCUT2D eigenvalue weighted by Gasteiger charge is -2.33. The van der Waals surface area contributed by atoms with E-state index in [0.717, 1.165) is 5.56 Å².